The highest BCUT2D eigenvalue weighted by molar-refractivity contribution is 5.78. The van der Waals surface area contributed by atoms with Crippen LogP contribution in [0.25, 0.3) is 0 Å². The molecule has 0 aliphatic carbocycles. The van der Waals surface area contributed by atoms with Crippen LogP contribution in [0.2, 0.25) is 0 Å². The van der Waals surface area contributed by atoms with Crippen molar-refractivity contribution in [1.29, 1.82) is 0 Å². The Bertz CT molecular complexity index is 453. The SMILES string of the molecule is CC(C)=NOCCNc1ccc(CC(N)C(=O)O)cc1. The van der Waals surface area contributed by atoms with Gasteiger partial charge in [0, 0.05) is 5.69 Å². The van der Waals surface area contributed by atoms with Gasteiger partial charge in [-0.25, -0.2) is 0 Å². The number of hydrogen-bond donors (Lipinski definition) is 3. The largest absolute Gasteiger partial charge is 0.480 e. The number of carboxylic acid groups (broad SMARTS) is 1. The first-order valence-corrected chi connectivity index (χ1v) is 6.43. The maximum atomic E-state index is 10.7. The minimum absolute atomic E-state index is 0.323. The van der Waals surface area contributed by atoms with Crippen LogP contribution in [0.1, 0.15) is 19.4 Å². The molecule has 1 atom stereocenters. The maximum absolute atomic E-state index is 10.7. The molecule has 4 N–H and O–H groups in total. The smallest absolute Gasteiger partial charge is 0.320 e. The Balaban J connectivity index is 2.35. The maximum Gasteiger partial charge on any atom is 0.320 e. The molecule has 0 amide bonds. The van der Waals surface area contributed by atoms with Crippen LogP contribution in [0.3, 0.4) is 0 Å². The van der Waals surface area contributed by atoms with Crippen LogP contribution < -0.4 is 11.1 Å². The zero-order valence-corrected chi connectivity index (χ0v) is 11.8. The number of benzene rings is 1. The molecule has 0 saturated heterocycles. The highest BCUT2D eigenvalue weighted by atomic mass is 16.6. The molecule has 0 bridgehead atoms. The Hall–Kier alpha value is -2.08. The molecule has 0 saturated carbocycles. The summed E-state index contributed by atoms with van der Waals surface area (Å²) in [5.74, 6) is -0.990. The standard InChI is InChI=1S/C14H21N3O3/c1-10(2)17-20-8-7-16-12-5-3-11(4-6-12)9-13(15)14(18)19/h3-6,13,16H,7-9,15H2,1-2H3,(H,18,19). The van der Waals surface area contributed by atoms with E-state index in [0.29, 0.717) is 19.6 Å². The Kier molecular flexibility index (Phi) is 6.52. The van der Waals surface area contributed by atoms with E-state index in [1.165, 1.54) is 0 Å². The lowest BCUT2D eigenvalue weighted by Crippen LogP contribution is -2.32. The fourth-order valence-corrected chi connectivity index (χ4v) is 1.52. The topological polar surface area (TPSA) is 96.9 Å². The number of rotatable bonds is 8. The van der Waals surface area contributed by atoms with Gasteiger partial charge < -0.3 is 21.0 Å². The van der Waals surface area contributed by atoms with Crippen LogP contribution in [-0.4, -0.2) is 36.0 Å². The molecule has 1 rings (SSSR count). The molecule has 1 unspecified atom stereocenters. The van der Waals surface area contributed by atoms with Crippen molar-refractivity contribution < 1.29 is 14.7 Å². The van der Waals surface area contributed by atoms with Crippen molar-refractivity contribution in [3.05, 3.63) is 29.8 Å². The van der Waals surface area contributed by atoms with Gasteiger partial charge in [0.1, 0.15) is 12.6 Å². The van der Waals surface area contributed by atoms with Gasteiger partial charge in [0.25, 0.3) is 0 Å². The van der Waals surface area contributed by atoms with Gasteiger partial charge in [-0.3, -0.25) is 4.79 Å². The fourth-order valence-electron chi connectivity index (χ4n) is 1.52. The van der Waals surface area contributed by atoms with E-state index >= 15 is 0 Å². The molecule has 1 aromatic carbocycles. The Labute approximate surface area is 118 Å². The van der Waals surface area contributed by atoms with Gasteiger partial charge in [0.2, 0.25) is 0 Å². The van der Waals surface area contributed by atoms with Crippen LogP contribution in [0.4, 0.5) is 5.69 Å². The predicted octanol–water partition coefficient (Wildman–Crippen LogP) is 1.47. The third-order valence-electron chi connectivity index (χ3n) is 2.50. The summed E-state index contributed by atoms with van der Waals surface area (Å²) in [6.45, 7) is 4.86. The molecule has 0 fully saturated rings. The molecular weight excluding hydrogens is 258 g/mol. The number of carboxylic acids is 1. The van der Waals surface area contributed by atoms with E-state index < -0.39 is 12.0 Å². The minimum Gasteiger partial charge on any atom is -0.480 e. The Morgan fingerprint density at radius 2 is 2.05 bits per heavy atom. The third-order valence-corrected chi connectivity index (χ3v) is 2.50. The predicted molar refractivity (Wildman–Crippen MR) is 79.0 cm³/mol. The zero-order valence-electron chi connectivity index (χ0n) is 11.8. The second-order valence-corrected chi connectivity index (χ2v) is 4.64. The number of nitrogens with one attached hydrogen (secondary N) is 1. The molecule has 0 spiro atoms. The Morgan fingerprint density at radius 1 is 1.40 bits per heavy atom. The second-order valence-electron chi connectivity index (χ2n) is 4.64. The number of hydrogen-bond acceptors (Lipinski definition) is 5. The lowest BCUT2D eigenvalue weighted by atomic mass is 10.1. The van der Waals surface area contributed by atoms with Crippen LogP contribution in [-0.2, 0) is 16.1 Å². The quantitative estimate of drug-likeness (QED) is 0.380. The van der Waals surface area contributed by atoms with Crippen molar-refractivity contribution in [2.75, 3.05) is 18.5 Å². The van der Waals surface area contributed by atoms with E-state index in [-0.39, 0.29) is 0 Å². The first kappa shape index (κ1) is 16.0. The summed E-state index contributed by atoms with van der Waals surface area (Å²) < 4.78 is 0. The zero-order chi connectivity index (χ0) is 15.0. The number of carbonyl (C=O) groups is 1. The molecule has 0 aliphatic heterocycles. The molecule has 6 nitrogen and oxygen atoms in total. The van der Waals surface area contributed by atoms with Crippen molar-refractivity contribution in [3.8, 4) is 0 Å². The number of anilines is 1. The summed E-state index contributed by atoms with van der Waals surface area (Å²) in [5, 5.41) is 15.7. The van der Waals surface area contributed by atoms with Gasteiger partial charge in [0.05, 0.1) is 12.3 Å². The highest BCUT2D eigenvalue weighted by Gasteiger charge is 2.11. The highest BCUT2D eigenvalue weighted by Crippen LogP contribution is 2.10. The normalized spacial score (nSPS) is 11.6. The monoisotopic (exact) mass is 279 g/mol. The van der Waals surface area contributed by atoms with E-state index in [9.17, 15) is 4.79 Å². The van der Waals surface area contributed by atoms with Crippen molar-refractivity contribution >= 4 is 17.4 Å². The molecule has 6 heteroatoms. The molecule has 110 valence electrons. The van der Waals surface area contributed by atoms with Crippen LogP contribution in [0, 0.1) is 0 Å². The molecule has 0 aromatic heterocycles. The molecule has 0 heterocycles. The number of nitrogens with two attached hydrogens (primary N) is 1. The van der Waals surface area contributed by atoms with Gasteiger partial charge in [-0.1, -0.05) is 17.3 Å². The minimum atomic E-state index is -0.990. The summed E-state index contributed by atoms with van der Waals surface area (Å²) in [7, 11) is 0. The summed E-state index contributed by atoms with van der Waals surface area (Å²) in [6, 6.07) is 6.63. The summed E-state index contributed by atoms with van der Waals surface area (Å²) in [6.07, 6.45) is 0.323. The van der Waals surface area contributed by atoms with Gasteiger partial charge in [-0.05, 0) is 38.0 Å². The summed E-state index contributed by atoms with van der Waals surface area (Å²) >= 11 is 0. The lowest BCUT2D eigenvalue weighted by Gasteiger charge is -2.09. The van der Waals surface area contributed by atoms with E-state index in [1.54, 1.807) is 0 Å². The van der Waals surface area contributed by atoms with E-state index in [1.807, 2.05) is 38.1 Å². The van der Waals surface area contributed by atoms with Crippen molar-refractivity contribution in [1.82, 2.24) is 0 Å². The van der Waals surface area contributed by atoms with Crippen LogP contribution in [0.5, 0.6) is 0 Å². The first-order chi connectivity index (χ1) is 9.49. The van der Waals surface area contributed by atoms with Gasteiger partial charge in [-0.15, -0.1) is 0 Å². The number of aliphatic carboxylic acids is 1. The average Bonchev–Trinajstić information content (AvgIpc) is 2.39. The first-order valence-electron chi connectivity index (χ1n) is 6.43. The molecular formula is C14H21N3O3. The van der Waals surface area contributed by atoms with Crippen LogP contribution in [0.15, 0.2) is 29.4 Å². The molecule has 1 aromatic rings. The van der Waals surface area contributed by atoms with Gasteiger partial charge >= 0.3 is 5.97 Å². The lowest BCUT2D eigenvalue weighted by molar-refractivity contribution is -0.138. The van der Waals surface area contributed by atoms with Crippen molar-refractivity contribution in [2.24, 2.45) is 10.9 Å². The molecule has 20 heavy (non-hydrogen) atoms. The number of oxime groups is 1. The van der Waals surface area contributed by atoms with Crippen molar-refractivity contribution in [2.45, 2.75) is 26.3 Å². The molecule has 0 radical (unpaired) electrons. The third kappa shape index (κ3) is 6.19. The van der Waals surface area contributed by atoms with Crippen LogP contribution >= 0.6 is 0 Å². The van der Waals surface area contributed by atoms with E-state index in [2.05, 4.69) is 10.5 Å². The van der Waals surface area contributed by atoms with Crippen molar-refractivity contribution in [3.63, 3.8) is 0 Å². The molecule has 0 aliphatic rings. The van der Waals surface area contributed by atoms with Gasteiger partial charge in [-0.2, -0.15) is 0 Å². The average molecular weight is 279 g/mol. The van der Waals surface area contributed by atoms with E-state index in [4.69, 9.17) is 15.7 Å². The van der Waals surface area contributed by atoms with E-state index in [0.717, 1.165) is 17.0 Å². The second kappa shape index (κ2) is 8.16. The van der Waals surface area contributed by atoms with Gasteiger partial charge in [0.15, 0.2) is 0 Å². The summed E-state index contributed by atoms with van der Waals surface area (Å²) in [5.41, 5.74) is 8.20. The summed E-state index contributed by atoms with van der Waals surface area (Å²) in [4.78, 5) is 15.7. The Morgan fingerprint density at radius 3 is 2.60 bits per heavy atom. The fraction of sp³-hybridized carbons (Fsp3) is 0.429. The number of nitrogens with zero attached hydrogens (tertiary/aromatic N) is 1.